The fourth-order valence-electron chi connectivity index (χ4n) is 1.68. The Morgan fingerprint density at radius 1 is 1.14 bits per heavy atom. The summed E-state index contributed by atoms with van der Waals surface area (Å²) in [6, 6.07) is 8.16. The lowest BCUT2D eigenvalue weighted by Gasteiger charge is -2.40. The van der Waals surface area contributed by atoms with Crippen LogP contribution in [0, 0.1) is 6.92 Å². The van der Waals surface area contributed by atoms with Gasteiger partial charge in [0.05, 0.1) is 0 Å². The first-order valence-electron chi connectivity index (χ1n) is 7.32. The molecule has 1 aromatic carbocycles. The predicted molar refractivity (Wildman–Crippen MR) is 103 cm³/mol. The molecule has 0 bridgehead atoms. The maximum atomic E-state index is 6.28. The monoisotopic (exact) mass is 378 g/mol. The lowest BCUT2D eigenvalue weighted by Crippen LogP contribution is -2.46. The maximum Gasteiger partial charge on any atom is 0.218 e. The van der Waals surface area contributed by atoms with Crippen molar-refractivity contribution in [1.82, 2.24) is 0 Å². The van der Waals surface area contributed by atoms with Gasteiger partial charge in [-0.05, 0) is 30.6 Å². The van der Waals surface area contributed by atoms with Crippen LogP contribution >= 0.6 is 34.8 Å². The molecule has 0 aliphatic heterocycles. The molecule has 0 saturated heterocycles. The Labute approximate surface area is 150 Å². The summed E-state index contributed by atoms with van der Waals surface area (Å²) in [5.41, 5.74) is 2.26. The minimum atomic E-state index is -2.03. The van der Waals surface area contributed by atoms with E-state index < -0.39 is 18.2 Å². The molecule has 1 aromatic rings. The quantitative estimate of drug-likeness (QED) is 0.414. The summed E-state index contributed by atoms with van der Waals surface area (Å²) in [7, 11) is -2.03. The number of hydrogen-bond acceptors (Lipinski definition) is 1. The molecule has 0 radical (unpaired) electrons. The van der Waals surface area contributed by atoms with E-state index >= 15 is 0 Å². The molecule has 0 aromatic heterocycles. The van der Waals surface area contributed by atoms with Gasteiger partial charge < -0.3 is 4.43 Å². The van der Waals surface area contributed by atoms with Gasteiger partial charge in [0.2, 0.25) is 3.79 Å². The van der Waals surface area contributed by atoms with Crippen LogP contribution in [0.4, 0.5) is 0 Å². The van der Waals surface area contributed by atoms with E-state index in [-0.39, 0.29) is 5.04 Å². The Morgan fingerprint density at radius 2 is 1.73 bits per heavy atom. The topological polar surface area (TPSA) is 9.23 Å². The Kier molecular flexibility index (Phi) is 6.63. The molecule has 0 spiro atoms. The van der Waals surface area contributed by atoms with Crippen LogP contribution in [-0.4, -0.2) is 18.2 Å². The zero-order valence-electron chi connectivity index (χ0n) is 14.1. The van der Waals surface area contributed by atoms with Crippen LogP contribution in [0.3, 0.4) is 0 Å². The highest BCUT2D eigenvalue weighted by Gasteiger charge is 2.43. The summed E-state index contributed by atoms with van der Waals surface area (Å²) in [5.74, 6) is 0. The number of aryl methyl sites for hydroxylation is 1. The van der Waals surface area contributed by atoms with Crippen molar-refractivity contribution in [2.75, 3.05) is 0 Å². The Balaban J connectivity index is 3.01. The van der Waals surface area contributed by atoms with E-state index in [1.54, 1.807) is 0 Å². The highest BCUT2D eigenvalue weighted by molar-refractivity contribution is 6.74. The molecule has 0 saturated carbocycles. The molecular weight excluding hydrogens is 355 g/mol. The molecule has 0 amide bonds. The number of hydrogen-bond donors (Lipinski definition) is 0. The first kappa shape index (κ1) is 20.1. The van der Waals surface area contributed by atoms with Crippen LogP contribution in [0.15, 0.2) is 30.3 Å². The third-order valence-corrected chi connectivity index (χ3v) is 9.16. The van der Waals surface area contributed by atoms with Gasteiger partial charge in [-0.25, -0.2) is 0 Å². The third kappa shape index (κ3) is 5.90. The van der Waals surface area contributed by atoms with Crippen molar-refractivity contribution < 1.29 is 4.43 Å². The van der Waals surface area contributed by atoms with Gasteiger partial charge in [0.25, 0.3) is 0 Å². The second-order valence-corrected chi connectivity index (χ2v) is 14.2. The van der Waals surface area contributed by atoms with Crippen LogP contribution in [-0.2, 0) is 4.43 Å². The van der Waals surface area contributed by atoms with Crippen LogP contribution in [0.25, 0.3) is 6.08 Å². The lowest BCUT2D eigenvalue weighted by molar-refractivity contribution is 0.229. The van der Waals surface area contributed by atoms with E-state index in [0.717, 1.165) is 5.56 Å². The van der Waals surface area contributed by atoms with Crippen molar-refractivity contribution in [3.05, 3.63) is 41.5 Å². The predicted octanol–water partition coefficient (Wildman–Crippen LogP) is 6.77. The molecule has 0 aliphatic carbocycles. The SMILES string of the molecule is Cc1cccc(/C=C/[C@@H](O[Si](C)(C)C(C)(C)C)C(Cl)(Cl)Cl)c1. The normalized spacial score (nSPS) is 15.3. The fourth-order valence-corrected chi connectivity index (χ4v) is 3.50. The molecule has 5 heteroatoms. The van der Waals surface area contributed by atoms with Gasteiger partial charge in [0.1, 0.15) is 6.10 Å². The molecule has 0 N–H and O–H groups in total. The Hall–Kier alpha value is 0.00688. The second-order valence-electron chi connectivity index (χ2n) is 7.11. The highest BCUT2D eigenvalue weighted by Crippen LogP contribution is 2.42. The van der Waals surface area contributed by atoms with E-state index in [9.17, 15) is 0 Å². The average molecular weight is 380 g/mol. The molecule has 0 fully saturated rings. The smallest absolute Gasteiger partial charge is 0.218 e. The van der Waals surface area contributed by atoms with Gasteiger partial charge in [0, 0.05) is 0 Å². The van der Waals surface area contributed by atoms with E-state index in [2.05, 4.69) is 52.9 Å². The molecule has 0 aliphatic rings. The van der Waals surface area contributed by atoms with Crippen molar-refractivity contribution in [2.24, 2.45) is 0 Å². The van der Waals surface area contributed by atoms with Crippen molar-refractivity contribution in [3.8, 4) is 0 Å². The number of alkyl halides is 3. The summed E-state index contributed by atoms with van der Waals surface area (Å²) >= 11 is 18.4. The Bertz CT molecular complexity index is 527. The van der Waals surface area contributed by atoms with Gasteiger partial charge in [-0.3, -0.25) is 0 Å². The average Bonchev–Trinajstić information content (AvgIpc) is 2.31. The fraction of sp³-hybridized carbons (Fsp3) is 0.529. The second kappa shape index (κ2) is 7.27. The molecule has 22 heavy (non-hydrogen) atoms. The van der Waals surface area contributed by atoms with Gasteiger partial charge in [-0.15, -0.1) is 0 Å². The van der Waals surface area contributed by atoms with E-state index in [4.69, 9.17) is 39.2 Å². The van der Waals surface area contributed by atoms with Crippen molar-refractivity contribution >= 4 is 49.2 Å². The largest absolute Gasteiger partial charge is 0.406 e. The van der Waals surface area contributed by atoms with Crippen LogP contribution < -0.4 is 0 Å². The molecular formula is C17H25Cl3OSi. The van der Waals surface area contributed by atoms with Crippen LogP contribution in [0.5, 0.6) is 0 Å². The van der Waals surface area contributed by atoms with Crippen LogP contribution in [0.2, 0.25) is 18.1 Å². The van der Waals surface area contributed by atoms with E-state index in [1.807, 2.05) is 24.3 Å². The summed E-state index contributed by atoms with van der Waals surface area (Å²) in [6.07, 6.45) is 3.23. The first-order chi connectivity index (χ1) is 9.83. The van der Waals surface area contributed by atoms with Crippen molar-refractivity contribution in [2.45, 2.75) is 55.7 Å². The molecule has 1 nitrogen and oxygen atoms in total. The van der Waals surface area contributed by atoms with E-state index in [1.165, 1.54) is 5.56 Å². The molecule has 0 unspecified atom stereocenters. The van der Waals surface area contributed by atoms with Crippen molar-refractivity contribution in [3.63, 3.8) is 0 Å². The minimum absolute atomic E-state index is 0.0539. The molecule has 0 heterocycles. The minimum Gasteiger partial charge on any atom is -0.406 e. The zero-order chi connectivity index (χ0) is 17.2. The number of rotatable bonds is 4. The molecule has 1 rings (SSSR count). The number of halogens is 3. The maximum absolute atomic E-state index is 6.28. The number of benzene rings is 1. The zero-order valence-corrected chi connectivity index (χ0v) is 17.4. The van der Waals surface area contributed by atoms with Gasteiger partial charge >= 0.3 is 0 Å². The summed E-state index contributed by atoms with van der Waals surface area (Å²) in [6.45, 7) is 12.8. The van der Waals surface area contributed by atoms with Crippen LogP contribution in [0.1, 0.15) is 31.9 Å². The highest BCUT2D eigenvalue weighted by atomic mass is 35.6. The Morgan fingerprint density at radius 3 is 2.18 bits per heavy atom. The van der Waals surface area contributed by atoms with Gasteiger partial charge in [-0.1, -0.05) is 97.6 Å². The summed E-state index contributed by atoms with van der Waals surface area (Å²) in [4.78, 5) is 0. The summed E-state index contributed by atoms with van der Waals surface area (Å²) in [5, 5.41) is 0.0539. The standard InChI is InChI=1S/C17H25Cl3OSi/c1-13-8-7-9-14(12-13)10-11-15(17(18,19)20)21-22(5,6)16(2,3)4/h7-12,15H,1-6H3/b11-10+/t15-/m1/s1. The molecule has 1 atom stereocenters. The van der Waals surface area contributed by atoms with Crippen molar-refractivity contribution in [1.29, 1.82) is 0 Å². The first-order valence-corrected chi connectivity index (χ1v) is 11.4. The summed E-state index contributed by atoms with van der Waals surface area (Å²) < 4.78 is 4.78. The molecule has 124 valence electrons. The third-order valence-electron chi connectivity index (χ3n) is 4.06. The van der Waals surface area contributed by atoms with E-state index in [0.29, 0.717) is 0 Å². The van der Waals surface area contributed by atoms with Gasteiger partial charge in [-0.2, -0.15) is 0 Å². The lowest BCUT2D eigenvalue weighted by atomic mass is 10.1. The van der Waals surface area contributed by atoms with Gasteiger partial charge in [0.15, 0.2) is 8.32 Å².